The summed E-state index contributed by atoms with van der Waals surface area (Å²) in [5.74, 6) is -3.83. The predicted octanol–water partition coefficient (Wildman–Crippen LogP) is 3.45. The molecule has 0 fully saturated rings. The van der Waals surface area contributed by atoms with E-state index in [4.69, 9.17) is 17.3 Å². The molecule has 0 aliphatic carbocycles. The molecule has 1 atom stereocenters. The Morgan fingerprint density at radius 1 is 1.16 bits per heavy atom. The van der Waals surface area contributed by atoms with Crippen LogP contribution in [0.4, 0.5) is 24.7 Å². The minimum Gasteiger partial charge on any atom is -0.382 e. The Bertz CT molecular complexity index is 1360. The number of aliphatic hydroxyl groups excluding tert-OH is 1. The number of nitrogens with two attached hydrogens (primary N) is 1. The van der Waals surface area contributed by atoms with Crippen molar-refractivity contribution in [2.24, 2.45) is 0 Å². The maximum Gasteiger partial charge on any atom is 0.257 e. The number of aromatic nitrogens is 4. The maximum atomic E-state index is 14.9. The van der Waals surface area contributed by atoms with Gasteiger partial charge in [0.2, 0.25) is 0 Å². The van der Waals surface area contributed by atoms with Crippen molar-refractivity contribution in [2.75, 3.05) is 11.1 Å². The van der Waals surface area contributed by atoms with Crippen molar-refractivity contribution in [1.82, 2.24) is 19.7 Å². The number of benzene rings is 2. The molecule has 2 heterocycles. The van der Waals surface area contributed by atoms with E-state index in [-0.39, 0.29) is 27.6 Å². The molecule has 2 aromatic carbocycles. The summed E-state index contributed by atoms with van der Waals surface area (Å²) < 4.78 is 44.1. The smallest absolute Gasteiger partial charge is 0.257 e. The summed E-state index contributed by atoms with van der Waals surface area (Å²) in [5.41, 5.74) is 5.84. The summed E-state index contributed by atoms with van der Waals surface area (Å²) in [6, 6.07) is 4.58. The van der Waals surface area contributed by atoms with Gasteiger partial charge < -0.3 is 16.2 Å². The van der Waals surface area contributed by atoms with E-state index in [0.29, 0.717) is 11.2 Å². The first-order chi connectivity index (χ1) is 15.2. The highest BCUT2D eigenvalue weighted by atomic mass is 35.5. The van der Waals surface area contributed by atoms with Crippen molar-refractivity contribution >= 4 is 40.0 Å². The lowest BCUT2D eigenvalue weighted by Crippen LogP contribution is -2.22. The van der Waals surface area contributed by atoms with Crippen LogP contribution in [0, 0.1) is 24.4 Å². The van der Waals surface area contributed by atoms with Gasteiger partial charge in [-0.05, 0) is 30.7 Å². The number of aliphatic hydroxyl groups is 1. The van der Waals surface area contributed by atoms with Gasteiger partial charge in [0, 0.05) is 17.2 Å². The molecule has 2 aromatic heterocycles. The van der Waals surface area contributed by atoms with Crippen LogP contribution in [-0.4, -0.2) is 30.8 Å². The Morgan fingerprint density at radius 2 is 1.91 bits per heavy atom. The first-order valence-corrected chi connectivity index (χ1v) is 9.43. The standard InChI is InChI=1S/C20H14ClF3N6O2/c1-8-16-17(19(25)27-7-26-16)30(29-8)15-6-12(23)14(5-13(15)24)28-20(32)18(31)9-2-10(21)4-11(22)3-9/h2-7,18,31H,1H3,(H,28,32)(H2,25,26,27)/t18-/m1/s1. The predicted molar refractivity (Wildman–Crippen MR) is 111 cm³/mol. The van der Waals surface area contributed by atoms with Crippen molar-refractivity contribution in [2.45, 2.75) is 13.0 Å². The molecule has 0 bridgehead atoms. The number of amides is 1. The van der Waals surface area contributed by atoms with Crippen molar-refractivity contribution < 1.29 is 23.1 Å². The highest BCUT2D eigenvalue weighted by Gasteiger charge is 2.23. The van der Waals surface area contributed by atoms with Gasteiger partial charge in [0.15, 0.2) is 17.7 Å². The molecule has 4 aromatic rings. The van der Waals surface area contributed by atoms with E-state index in [1.165, 1.54) is 12.4 Å². The second-order valence-corrected chi connectivity index (χ2v) is 7.27. The molecule has 1 amide bonds. The molecule has 4 N–H and O–H groups in total. The molecule has 0 saturated heterocycles. The van der Waals surface area contributed by atoms with Gasteiger partial charge in [0.1, 0.15) is 34.7 Å². The molecule has 0 aliphatic heterocycles. The number of carbonyl (C=O) groups excluding carboxylic acids is 1. The number of hydrogen-bond acceptors (Lipinski definition) is 6. The summed E-state index contributed by atoms with van der Waals surface area (Å²) in [6.07, 6.45) is -0.649. The van der Waals surface area contributed by atoms with Crippen LogP contribution in [0.1, 0.15) is 17.4 Å². The van der Waals surface area contributed by atoms with Crippen molar-refractivity contribution in [1.29, 1.82) is 0 Å². The molecule has 0 aliphatic rings. The Balaban J connectivity index is 1.68. The fraction of sp³-hybridized carbons (Fsp3) is 0.100. The van der Waals surface area contributed by atoms with E-state index in [9.17, 15) is 23.1 Å². The number of nitrogen functional groups attached to an aromatic ring is 1. The maximum absolute atomic E-state index is 14.9. The van der Waals surface area contributed by atoms with E-state index >= 15 is 0 Å². The number of nitrogens with one attached hydrogen (secondary N) is 1. The Hall–Kier alpha value is -3.70. The fourth-order valence-corrected chi connectivity index (χ4v) is 3.40. The zero-order valence-electron chi connectivity index (χ0n) is 16.3. The highest BCUT2D eigenvalue weighted by molar-refractivity contribution is 6.30. The van der Waals surface area contributed by atoms with Gasteiger partial charge in [-0.15, -0.1) is 0 Å². The summed E-state index contributed by atoms with van der Waals surface area (Å²) in [7, 11) is 0. The first kappa shape index (κ1) is 21.5. The molecule has 0 spiro atoms. The second-order valence-electron chi connectivity index (χ2n) is 6.83. The third kappa shape index (κ3) is 3.83. The molecule has 164 valence electrons. The van der Waals surface area contributed by atoms with Crippen LogP contribution in [0.2, 0.25) is 5.02 Å². The van der Waals surface area contributed by atoms with Crippen LogP contribution >= 0.6 is 11.6 Å². The van der Waals surface area contributed by atoms with Crippen molar-refractivity contribution in [3.05, 3.63) is 70.4 Å². The summed E-state index contributed by atoms with van der Waals surface area (Å²) in [5, 5.41) is 16.3. The van der Waals surface area contributed by atoms with Crippen LogP contribution in [0.3, 0.4) is 0 Å². The molecule has 0 unspecified atom stereocenters. The molecular formula is C20H14ClF3N6O2. The van der Waals surface area contributed by atoms with Gasteiger partial charge in [0.25, 0.3) is 5.91 Å². The van der Waals surface area contributed by atoms with Crippen molar-refractivity contribution in [3.63, 3.8) is 0 Å². The normalized spacial score (nSPS) is 12.2. The van der Waals surface area contributed by atoms with Gasteiger partial charge >= 0.3 is 0 Å². The quantitative estimate of drug-likeness (QED) is 0.427. The van der Waals surface area contributed by atoms with E-state index in [0.717, 1.165) is 28.9 Å². The molecule has 12 heteroatoms. The monoisotopic (exact) mass is 462 g/mol. The van der Waals surface area contributed by atoms with Gasteiger partial charge in [-0.3, -0.25) is 4.79 Å². The number of carbonyl (C=O) groups is 1. The van der Waals surface area contributed by atoms with Crippen LogP contribution in [0.5, 0.6) is 0 Å². The minimum absolute atomic E-state index is 0.0182. The Labute approximate surface area is 183 Å². The van der Waals surface area contributed by atoms with E-state index in [2.05, 4.69) is 20.4 Å². The second kappa shape index (κ2) is 8.09. The topological polar surface area (TPSA) is 119 Å². The molecular weight excluding hydrogens is 449 g/mol. The van der Waals surface area contributed by atoms with Crippen LogP contribution in [-0.2, 0) is 4.79 Å². The summed E-state index contributed by atoms with van der Waals surface area (Å²) >= 11 is 5.72. The average molecular weight is 463 g/mol. The lowest BCUT2D eigenvalue weighted by molar-refractivity contribution is -0.124. The van der Waals surface area contributed by atoms with E-state index in [1.54, 1.807) is 6.92 Å². The third-order valence-corrected chi connectivity index (χ3v) is 4.84. The van der Waals surface area contributed by atoms with Crippen LogP contribution < -0.4 is 11.1 Å². The van der Waals surface area contributed by atoms with Gasteiger partial charge in [0.05, 0.1) is 11.4 Å². The molecule has 4 rings (SSSR count). The summed E-state index contributed by atoms with van der Waals surface area (Å²) in [4.78, 5) is 20.2. The minimum atomic E-state index is -1.88. The highest BCUT2D eigenvalue weighted by Crippen LogP contribution is 2.29. The Kier molecular flexibility index (Phi) is 5.45. The first-order valence-electron chi connectivity index (χ1n) is 9.06. The fourth-order valence-electron chi connectivity index (χ4n) is 3.17. The molecule has 0 saturated carbocycles. The number of fused-ring (bicyclic) bond motifs is 1. The van der Waals surface area contributed by atoms with E-state index in [1.807, 2.05) is 0 Å². The molecule has 32 heavy (non-hydrogen) atoms. The third-order valence-electron chi connectivity index (χ3n) is 4.63. The number of hydrogen-bond donors (Lipinski definition) is 3. The number of aryl methyl sites for hydroxylation is 1. The summed E-state index contributed by atoms with van der Waals surface area (Å²) in [6.45, 7) is 1.62. The largest absolute Gasteiger partial charge is 0.382 e. The number of halogens is 4. The lowest BCUT2D eigenvalue weighted by Gasteiger charge is -2.14. The van der Waals surface area contributed by atoms with Crippen molar-refractivity contribution in [3.8, 4) is 5.69 Å². The van der Waals surface area contributed by atoms with Gasteiger partial charge in [-0.1, -0.05) is 11.6 Å². The average Bonchev–Trinajstić information content (AvgIpc) is 3.07. The van der Waals surface area contributed by atoms with Crippen LogP contribution in [0.15, 0.2) is 36.7 Å². The van der Waals surface area contributed by atoms with E-state index < -0.39 is 35.2 Å². The van der Waals surface area contributed by atoms with Crippen LogP contribution in [0.25, 0.3) is 16.7 Å². The number of rotatable bonds is 4. The lowest BCUT2D eigenvalue weighted by atomic mass is 10.1. The van der Waals surface area contributed by atoms with Gasteiger partial charge in [-0.2, -0.15) is 5.10 Å². The SMILES string of the molecule is Cc1nn(-c2cc(F)c(NC(=O)[C@H](O)c3cc(F)cc(Cl)c3)cc2F)c2c(N)ncnc12. The number of nitrogens with zero attached hydrogens (tertiary/aromatic N) is 4. The Morgan fingerprint density at radius 3 is 2.62 bits per heavy atom. The molecule has 8 nitrogen and oxygen atoms in total. The number of anilines is 2. The zero-order chi connectivity index (χ0) is 23.2. The molecule has 0 radical (unpaired) electrons. The zero-order valence-corrected chi connectivity index (χ0v) is 17.0. The van der Waals surface area contributed by atoms with Gasteiger partial charge in [-0.25, -0.2) is 27.8 Å².